The summed E-state index contributed by atoms with van der Waals surface area (Å²) in [4.78, 5) is 23.7. The SMILES string of the molecule is C=CCn1c(Cl)c(C=NNC(=O)c2ccccc2)sc1=O. The molecule has 0 fully saturated rings. The van der Waals surface area contributed by atoms with E-state index in [4.69, 9.17) is 11.6 Å². The number of carbonyl (C=O) groups is 1. The zero-order valence-corrected chi connectivity index (χ0v) is 12.5. The Morgan fingerprint density at radius 2 is 2.14 bits per heavy atom. The highest BCUT2D eigenvalue weighted by molar-refractivity contribution is 7.11. The van der Waals surface area contributed by atoms with E-state index in [1.165, 1.54) is 10.8 Å². The topological polar surface area (TPSA) is 63.5 Å². The minimum absolute atomic E-state index is 0.198. The Kier molecular flexibility index (Phi) is 5.08. The van der Waals surface area contributed by atoms with Crippen LogP contribution in [0.4, 0.5) is 0 Å². The van der Waals surface area contributed by atoms with Crippen LogP contribution < -0.4 is 10.3 Å². The molecule has 0 aliphatic carbocycles. The number of carbonyl (C=O) groups excluding carboxylic acids is 1. The number of allylic oxidation sites excluding steroid dienone is 1. The average Bonchev–Trinajstić information content (AvgIpc) is 2.76. The number of hydrazone groups is 1. The molecular formula is C14H12ClN3O2S. The van der Waals surface area contributed by atoms with Crippen LogP contribution in [0.15, 0.2) is 52.9 Å². The minimum atomic E-state index is -0.333. The molecular weight excluding hydrogens is 310 g/mol. The molecule has 108 valence electrons. The van der Waals surface area contributed by atoms with Crippen molar-refractivity contribution in [3.8, 4) is 0 Å². The van der Waals surface area contributed by atoms with Crippen LogP contribution in [0.25, 0.3) is 0 Å². The summed E-state index contributed by atoms with van der Waals surface area (Å²) in [6.07, 6.45) is 2.94. The van der Waals surface area contributed by atoms with Gasteiger partial charge in [-0.15, -0.1) is 6.58 Å². The summed E-state index contributed by atoms with van der Waals surface area (Å²) in [5, 5.41) is 4.10. The van der Waals surface area contributed by atoms with Gasteiger partial charge in [-0.1, -0.05) is 47.2 Å². The Hall–Kier alpha value is -2.18. The van der Waals surface area contributed by atoms with Gasteiger partial charge in [0.2, 0.25) is 0 Å². The second kappa shape index (κ2) is 7.01. The molecule has 1 amide bonds. The summed E-state index contributed by atoms with van der Waals surface area (Å²) in [5.41, 5.74) is 2.88. The molecule has 1 N–H and O–H groups in total. The van der Waals surface area contributed by atoms with Crippen molar-refractivity contribution in [1.29, 1.82) is 0 Å². The number of rotatable bonds is 5. The van der Waals surface area contributed by atoms with Gasteiger partial charge in [0.25, 0.3) is 5.91 Å². The van der Waals surface area contributed by atoms with Gasteiger partial charge in [-0.25, -0.2) is 5.43 Å². The molecule has 0 saturated carbocycles. The van der Waals surface area contributed by atoms with Gasteiger partial charge in [0, 0.05) is 12.1 Å². The van der Waals surface area contributed by atoms with Crippen molar-refractivity contribution in [1.82, 2.24) is 9.99 Å². The summed E-state index contributed by atoms with van der Waals surface area (Å²) in [6, 6.07) is 8.69. The Morgan fingerprint density at radius 3 is 2.81 bits per heavy atom. The monoisotopic (exact) mass is 321 g/mol. The van der Waals surface area contributed by atoms with Crippen LogP contribution in [0.2, 0.25) is 5.15 Å². The molecule has 1 aromatic carbocycles. The van der Waals surface area contributed by atoms with E-state index < -0.39 is 0 Å². The molecule has 0 atom stereocenters. The Labute approximate surface area is 130 Å². The molecule has 1 heterocycles. The first-order valence-electron chi connectivity index (χ1n) is 6.02. The first kappa shape index (κ1) is 15.2. The van der Waals surface area contributed by atoms with Gasteiger partial charge in [0.1, 0.15) is 5.15 Å². The van der Waals surface area contributed by atoms with E-state index >= 15 is 0 Å². The predicted octanol–water partition coefficient (Wildman–Crippen LogP) is 2.51. The highest BCUT2D eigenvalue weighted by Gasteiger charge is 2.10. The highest BCUT2D eigenvalue weighted by Crippen LogP contribution is 2.16. The van der Waals surface area contributed by atoms with Crippen LogP contribution in [0.1, 0.15) is 15.2 Å². The third kappa shape index (κ3) is 3.68. The molecule has 0 spiro atoms. The first-order chi connectivity index (χ1) is 10.1. The molecule has 0 aliphatic rings. The molecule has 1 aromatic heterocycles. The standard InChI is InChI=1S/C14H12ClN3O2S/c1-2-8-18-12(15)11(21-14(18)20)9-16-17-13(19)10-6-4-3-5-7-10/h2-7,9H,1,8H2,(H,17,19). The highest BCUT2D eigenvalue weighted by atomic mass is 35.5. The summed E-state index contributed by atoms with van der Waals surface area (Å²) >= 11 is 7.02. The minimum Gasteiger partial charge on any atom is -0.285 e. The molecule has 2 aromatic rings. The van der Waals surface area contributed by atoms with Crippen molar-refractivity contribution in [3.05, 3.63) is 68.2 Å². The molecule has 0 saturated heterocycles. The van der Waals surface area contributed by atoms with Crippen LogP contribution in [-0.2, 0) is 6.54 Å². The number of nitrogens with one attached hydrogen (secondary N) is 1. The fourth-order valence-corrected chi connectivity index (χ4v) is 2.70. The molecule has 0 radical (unpaired) electrons. The molecule has 0 aliphatic heterocycles. The Bertz CT molecular complexity index is 734. The quantitative estimate of drug-likeness (QED) is 0.522. The van der Waals surface area contributed by atoms with E-state index in [2.05, 4.69) is 17.1 Å². The average molecular weight is 322 g/mol. The van der Waals surface area contributed by atoms with Gasteiger partial charge in [0.15, 0.2) is 0 Å². The zero-order valence-electron chi connectivity index (χ0n) is 11.0. The lowest BCUT2D eigenvalue weighted by molar-refractivity contribution is 0.0955. The van der Waals surface area contributed by atoms with Crippen LogP contribution in [0, 0.1) is 0 Å². The largest absolute Gasteiger partial charge is 0.309 e. The lowest BCUT2D eigenvalue weighted by atomic mass is 10.2. The molecule has 21 heavy (non-hydrogen) atoms. The second-order valence-corrected chi connectivity index (χ2v) is 5.34. The van der Waals surface area contributed by atoms with E-state index in [0.29, 0.717) is 17.0 Å². The summed E-state index contributed by atoms with van der Waals surface area (Å²) in [6.45, 7) is 3.89. The van der Waals surface area contributed by atoms with E-state index in [1.54, 1.807) is 30.3 Å². The lowest BCUT2D eigenvalue weighted by Gasteiger charge is -1.99. The molecule has 7 heteroatoms. The normalized spacial score (nSPS) is 10.7. The Balaban J connectivity index is 2.09. The van der Waals surface area contributed by atoms with Crippen molar-refractivity contribution in [2.24, 2.45) is 5.10 Å². The van der Waals surface area contributed by atoms with Gasteiger partial charge < -0.3 is 0 Å². The lowest BCUT2D eigenvalue weighted by Crippen LogP contribution is -2.17. The molecule has 2 rings (SSSR count). The number of aromatic nitrogens is 1. The van der Waals surface area contributed by atoms with Gasteiger partial charge in [-0.2, -0.15) is 5.10 Å². The van der Waals surface area contributed by atoms with E-state index in [-0.39, 0.29) is 15.9 Å². The van der Waals surface area contributed by atoms with Gasteiger partial charge >= 0.3 is 4.87 Å². The van der Waals surface area contributed by atoms with Crippen molar-refractivity contribution in [2.75, 3.05) is 0 Å². The predicted molar refractivity (Wildman–Crippen MR) is 85.3 cm³/mol. The van der Waals surface area contributed by atoms with Crippen molar-refractivity contribution < 1.29 is 4.79 Å². The number of hydrogen-bond donors (Lipinski definition) is 1. The molecule has 5 nitrogen and oxygen atoms in total. The zero-order chi connectivity index (χ0) is 15.2. The van der Waals surface area contributed by atoms with Gasteiger partial charge in [0.05, 0.1) is 11.1 Å². The fourth-order valence-electron chi connectivity index (χ4n) is 1.57. The van der Waals surface area contributed by atoms with Crippen molar-refractivity contribution >= 4 is 35.1 Å². The van der Waals surface area contributed by atoms with Gasteiger partial charge in [-0.3, -0.25) is 14.2 Å². The maximum Gasteiger partial charge on any atom is 0.309 e. The number of nitrogens with zero attached hydrogens (tertiary/aromatic N) is 2. The third-order valence-electron chi connectivity index (χ3n) is 2.55. The maximum absolute atomic E-state index is 11.8. The number of hydrogen-bond acceptors (Lipinski definition) is 4. The third-order valence-corrected chi connectivity index (χ3v) is 3.99. The van der Waals surface area contributed by atoms with Crippen LogP contribution in [0.3, 0.4) is 0 Å². The van der Waals surface area contributed by atoms with Crippen LogP contribution in [0.5, 0.6) is 0 Å². The van der Waals surface area contributed by atoms with E-state index in [0.717, 1.165) is 11.3 Å². The van der Waals surface area contributed by atoms with Gasteiger partial charge in [-0.05, 0) is 12.1 Å². The summed E-state index contributed by atoms with van der Waals surface area (Å²) in [5.74, 6) is -0.333. The van der Waals surface area contributed by atoms with Crippen molar-refractivity contribution in [2.45, 2.75) is 6.54 Å². The molecule has 0 unspecified atom stereocenters. The summed E-state index contributed by atoms with van der Waals surface area (Å²) in [7, 11) is 0. The molecule has 0 bridgehead atoms. The fraction of sp³-hybridized carbons (Fsp3) is 0.0714. The number of amides is 1. The number of benzene rings is 1. The Morgan fingerprint density at radius 1 is 1.43 bits per heavy atom. The number of halogens is 1. The second-order valence-electron chi connectivity index (χ2n) is 3.99. The van der Waals surface area contributed by atoms with E-state index in [1.807, 2.05) is 6.07 Å². The van der Waals surface area contributed by atoms with Crippen molar-refractivity contribution in [3.63, 3.8) is 0 Å². The smallest absolute Gasteiger partial charge is 0.285 e. The van der Waals surface area contributed by atoms with E-state index in [9.17, 15) is 9.59 Å². The number of thiazole rings is 1. The van der Waals surface area contributed by atoms with Crippen LogP contribution >= 0.6 is 22.9 Å². The maximum atomic E-state index is 11.8. The first-order valence-corrected chi connectivity index (χ1v) is 7.21. The summed E-state index contributed by atoms with van der Waals surface area (Å²) < 4.78 is 1.37. The van der Waals surface area contributed by atoms with Crippen LogP contribution in [-0.4, -0.2) is 16.7 Å².